The fourth-order valence-electron chi connectivity index (χ4n) is 0. The zero-order valence-electron chi connectivity index (χ0n) is 20.9. The van der Waals surface area contributed by atoms with Crippen LogP contribution >= 0.6 is 7.82 Å². The third-order valence-electron chi connectivity index (χ3n) is 0.167. The van der Waals surface area contributed by atoms with E-state index in [1.165, 1.54) is 0 Å². The van der Waals surface area contributed by atoms with Crippen molar-refractivity contribution in [3.63, 3.8) is 0 Å². The van der Waals surface area contributed by atoms with Crippen molar-refractivity contribution in [2.45, 2.75) is 27.7 Å². The predicted molar refractivity (Wildman–Crippen MR) is 68.4 cm³/mol. The zero-order chi connectivity index (χ0) is 22.2. The number of carbonyl (C=O) groups excluding carboxylic acids is 4. The van der Waals surface area contributed by atoms with Crippen LogP contribution < -0.4 is 253 Å². The monoisotopic (exact) mass is 552 g/mol. The minimum Gasteiger partial charge on any atom is -0.822 e. The Morgan fingerprint density at radius 1 is 0.531 bits per heavy atom. The molecule has 0 bridgehead atoms. The summed E-state index contributed by atoms with van der Waals surface area (Å²) in [5.41, 5.74) is 9.81. The first-order valence-electron chi connectivity index (χ1n) is 5.68. The summed E-state index contributed by atoms with van der Waals surface area (Å²) in [5.74, 6) is -4.33. The summed E-state index contributed by atoms with van der Waals surface area (Å²) in [6.07, 6.45) is 0. The Kier molecular flexibility index (Phi) is 183. The second kappa shape index (κ2) is 70.5. The van der Waals surface area contributed by atoms with E-state index in [0.717, 1.165) is 27.7 Å². The molecule has 0 saturated heterocycles. The molecule has 0 spiro atoms. The van der Waals surface area contributed by atoms with Crippen LogP contribution in [0.15, 0.2) is 0 Å². The SMILES string of the molecule is CC(=O)[O-].CC(=O)[O-].CC(=O)[O-].CC(=O)[O-].NCCN.O=P([O-])([O-])[O-].[Na+].[Na+].[Na+].[Na+].[Na+].[Na+].[Na+]. The molecule has 0 aromatic heterocycles. The molecular formula is C10H20N2Na7O12P. The molecular weight excluding hydrogens is 532 g/mol. The van der Waals surface area contributed by atoms with Crippen LogP contribution in [0.1, 0.15) is 27.7 Å². The smallest absolute Gasteiger partial charge is 0.822 e. The number of phosphoric acid groups is 1. The van der Waals surface area contributed by atoms with Crippen LogP contribution in [0.2, 0.25) is 0 Å². The topological polar surface area (TPSA) is 299 Å². The molecule has 0 radical (unpaired) electrons. The average molecular weight is 552 g/mol. The van der Waals surface area contributed by atoms with E-state index >= 15 is 0 Å². The van der Waals surface area contributed by atoms with E-state index in [0.29, 0.717) is 13.1 Å². The molecule has 0 heterocycles. The van der Waals surface area contributed by atoms with Gasteiger partial charge in [-0.05, 0) is 27.7 Å². The Balaban J connectivity index is -0.0000000118. The molecule has 0 rings (SSSR count). The van der Waals surface area contributed by atoms with E-state index in [4.69, 9.17) is 70.3 Å². The number of aliphatic carboxylic acids is 4. The molecule has 14 nitrogen and oxygen atoms in total. The summed E-state index contributed by atoms with van der Waals surface area (Å²) >= 11 is 0. The maximum absolute atomic E-state index is 8.89. The third-order valence-corrected chi connectivity index (χ3v) is 0.167. The van der Waals surface area contributed by atoms with Crippen molar-refractivity contribution < 1.29 is 266 Å². The normalized spacial score (nSPS) is 5.91. The standard InChI is InChI=1S/C2H8N2.4C2H4O2.7Na.H3O4P/c3-1-2-4;4*1-2(3)4;;;;;;;;1-5(2,3)4/h1-4H2;4*1H3,(H,3,4);;;;;;;;(H3,1,2,3,4)/q;;;;;7*+1;/p-7. The second-order valence-corrected chi connectivity index (χ2v) is 3.89. The molecule has 0 atom stereocenters. The van der Waals surface area contributed by atoms with Crippen molar-refractivity contribution in [2.24, 2.45) is 11.5 Å². The van der Waals surface area contributed by atoms with Crippen LogP contribution in [0.5, 0.6) is 0 Å². The largest absolute Gasteiger partial charge is 1.00 e. The first-order valence-corrected chi connectivity index (χ1v) is 7.14. The van der Waals surface area contributed by atoms with E-state index in [-0.39, 0.29) is 207 Å². The van der Waals surface area contributed by atoms with Gasteiger partial charge in [-0.15, -0.1) is 0 Å². The minimum atomic E-state index is -5.39. The Morgan fingerprint density at radius 3 is 0.562 bits per heavy atom. The summed E-state index contributed by atoms with van der Waals surface area (Å²) in [6.45, 7) is 5.08. The van der Waals surface area contributed by atoms with Gasteiger partial charge < -0.3 is 70.3 Å². The van der Waals surface area contributed by atoms with Crippen LogP contribution in [-0.2, 0) is 23.7 Å². The van der Waals surface area contributed by atoms with Crippen LogP contribution in [0.4, 0.5) is 0 Å². The van der Waals surface area contributed by atoms with Crippen LogP contribution in [0.25, 0.3) is 0 Å². The van der Waals surface area contributed by atoms with Gasteiger partial charge in [0, 0.05) is 37.0 Å². The minimum absolute atomic E-state index is 0. The van der Waals surface area contributed by atoms with Crippen molar-refractivity contribution in [3.05, 3.63) is 0 Å². The number of nitrogens with two attached hydrogens (primary N) is 2. The van der Waals surface area contributed by atoms with E-state index in [2.05, 4.69) is 0 Å². The van der Waals surface area contributed by atoms with Gasteiger partial charge in [-0.2, -0.15) is 7.82 Å². The molecule has 0 aliphatic carbocycles. The molecule has 0 aliphatic rings. The van der Waals surface area contributed by atoms with Crippen molar-refractivity contribution in [1.29, 1.82) is 0 Å². The molecule has 0 fully saturated rings. The van der Waals surface area contributed by atoms with E-state index in [1.54, 1.807) is 0 Å². The Labute approximate surface area is 342 Å². The van der Waals surface area contributed by atoms with Gasteiger partial charge in [-0.1, -0.05) is 0 Å². The molecule has 0 aromatic rings. The van der Waals surface area contributed by atoms with Gasteiger partial charge in [0.05, 0.1) is 0 Å². The summed E-state index contributed by atoms with van der Waals surface area (Å²) in [6, 6.07) is 0. The van der Waals surface area contributed by atoms with Crippen molar-refractivity contribution >= 4 is 31.7 Å². The summed E-state index contributed by atoms with van der Waals surface area (Å²) in [4.78, 5) is 61.2. The van der Waals surface area contributed by atoms with Crippen molar-refractivity contribution in [1.82, 2.24) is 0 Å². The summed E-state index contributed by atoms with van der Waals surface area (Å²) in [7, 11) is -5.39. The Bertz CT molecular complexity index is 332. The molecule has 4 N–H and O–H groups in total. The Morgan fingerprint density at radius 2 is 0.562 bits per heavy atom. The molecule has 154 valence electrons. The van der Waals surface area contributed by atoms with Gasteiger partial charge in [-0.3, -0.25) is 0 Å². The second-order valence-electron chi connectivity index (χ2n) is 2.99. The van der Waals surface area contributed by atoms with Crippen molar-refractivity contribution in [3.8, 4) is 0 Å². The summed E-state index contributed by atoms with van der Waals surface area (Å²) < 4.78 is 8.55. The number of carboxylic acid groups (broad SMARTS) is 4. The number of hydrogen-bond donors (Lipinski definition) is 2. The van der Waals surface area contributed by atoms with Gasteiger partial charge in [0.25, 0.3) is 0 Å². The number of carboxylic acids is 4. The maximum Gasteiger partial charge on any atom is 1.00 e. The van der Waals surface area contributed by atoms with Gasteiger partial charge in [-0.25, -0.2) is 0 Å². The van der Waals surface area contributed by atoms with Crippen LogP contribution in [0, 0.1) is 0 Å². The van der Waals surface area contributed by atoms with Gasteiger partial charge in [0.15, 0.2) is 0 Å². The summed E-state index contributed by atoms with van der Waals surface area (Å²) in [5, 5.41) is 35.6. The number of hydrogen-bond acceptors (Lipinski definition) is 14. The number of carbonyl (C=O) groups is 4. The first-order chi connectivity index (χ1) is 10.8. The quantitative estimate of drug-likeness (QED) is 0.225. The van der Waals surface area contributed by atoms with Gasteiger partial charge in [0.2, 0.25) is 0 Å². The van der Waals surface area contributed by atoms with Crippen molar-refractivity contribution in [2.75, 3.05) is 13.1 Å². The van der Waals surface area contributed by atoms with E-state index in [1.807, 2.05) is 0 Å². The molecule has 0 saturated carbocycles. The van der Waals surface area contributed by atoms with Crippen LogP contribution in [-0.4, -0.2) is 37.0 Å². The third kappa shape index (κ3) is 1150. The zero-order valence-corrected chi connectivity index (χ0v) is 35.8. The van der Waals surface area contributed by atoms with Gasteiger partial charge >= 0.3 is 207 Å². The molecule has 0 unspecified atom stereocenters. The van der Waals surface area contributed by atoms with E-state index in [9.17, 15) is 0 Å². The molecule has 0 aromatic carbocycles. The fraction of sp³-hybridized carbons (Fsp3) is 0.600. The van der Waals surface area contributed by atoms with Gasteiger partial charge in [0.1, 0.15) is 0 Å². The average Bonchev–Trinajstić information content (AvgIpc) is 2.22. The molecule has 22 heteroatoms. The molecule has 0 aliphatic heterocycles. The molecule has 0 amide bonds. The molecule has 32 heavy (non-hydrogen) atoms. The first kappa shape index (κ1) is 83.3. The van der Waals surface area contributed by atoms with Crippen LogP contribution in [0.3, 0.4) is 0 Å². The van der Waals surface area contributed by atoms with E-state index < -0.39 is 31.7 Å². The fourth-order valence-corrected chi connectivity index (χ4v) is 0. The predicted octanol–water partition coefficient (Wildman–Crippen LogP) is -29.9. The Hall–Kier alpha value is 4.91. The number of rotatable bonds is 1. The maximum atomic E-state index is 8.89.